The van der Waals surface area contributed by atoms with Gasteiger partial charge in [0.1, 0.15) is 5.82 Å². The normalized spacial score (nSPS) is 14.3. The molecular formula is C14H15BrFNOS. The van der Waals surface area contributed by atoms with Crippen LogP contribution in [0.5, 0.6) is 0 Å². The fourth-order valence-electron chi connectivity index (χ4n) is 1.77. The van der Waals surface area contributed by atoms with Gasteiger partial charge in [-0.25, -0.2) is 4.39 Å². The molecule has 0 aliphatic heterocycles. The lowest BCUT2D eigenvalue weighted by Crippen LogP contribution is -2.31. The van der Waals surface area contributed by atoms with E-state index in [0.29, 0.717) is 12.1 Å². The van der Waals surface area contributed by atoms with E-state index in [4.69, 9.17) is 0 Å². The average molecular weight is 344 g/mol. The van der Waals surface area contributed by atoms with Crippen molar-refractivity contribution in [2.75, 3.05) is 0 Å². The van der Waals surface area contributed by atoms with E-state index in [-0.39, 0.29) is 11.9 Å². The first-order valence-corrected chi connectivity index (χ1v) is 7.63. The number of halogens is 2. The topological polar surface area (TPSA) is 32.3 Å². The van der Waals surface area contributed by atoms with Crippen molar-refractivity contribution in [2.45, 2.75) is 25.6 Å². The van der Waals surface area contributed by atoms with Gasteiger partial charge in [-0.15, -0.1) is 11.3 Å². The van der Waals surface area contributed by atoms with Crippen LogP contribution in [-0.4, -0.2) is 11.1 Å². The summed E-state index contributed by atoms with van der Waals surface area (Å²) in [5.41, 5.74) is 0.716. The van der Waals surface area contributed by atoms with Crippen molar-refractivity contribution in [3.05, 3.63) is 56.4 Å². The second-order valence-electron chi connectivity index (χ2n) is 4.40. The van der Waals surface area contributed by atoms with Gasteiger partial charge in [-0.3, -0.25) is 0 Å². The molecule has 0 saturated heterocycles. The van der Waals surface area contributed by atoms with Crippen molar-refractivity contribution in [3.8, 4) is 0 Å². The first-order chi connectivity index (χ1) is 9.06. The van der Waals surface area contributed by atoms with Crippen LogP contribution < -0.4 is 5.32 Å². The van der Waals surface area contributed by atoms with Crippen LogP contribution in [0.4, 0.5) is 4.39 Å². The zero-order chi connectivity index (χ0) is 13.8. The molecule has 102 valence electrons. The highest BCUT2D eigenvalue weighted by molar-refractivity contribution is 9.10. The fraction of sp³-hybridized carbons (Fsp3) is 0.286. The van der Waals surface area contributed by atoms with Crippen molar-refractivity contribution >= 4 is 27.3 Å². The zero-order valence-electron chi connectivity index (χ0n) is 10.4. The predicted octanol–water partition coefficient (Wildman–Crippen LogP) is 3.86. The fourth-order valence-corrected chi connectivity index (χ4v) is 3.17. The highest BCUT2D eigenvalue weighted by Gasteiger charge is 2.16. The summed E-state index contributed by atoms with van der Waals surface area (Å²) >= 11 is 5.07. The molecule has 0 saturated carbocycles. The Hall–Kier alpha value is -0.750. The quantitative estimate of drug-likeness (QED) is 0.863. The van der Waals surface area contributed by atoms with E-state index in [2.05, 4.69) is 27.3 Å². The Labute approximate surface area is 124 Å². The number of aliphatic hydroxyl groups is 1. The van der Waals surface area contributed by atoms with Crippen molar-refractivity contribution in [3.63, 3.8) is 0 Å². The van der Waals surface area contributed by atoms with Gasteiger partial charge in [0.05, 0.1) is 6.10 Å². The lowest BCUT2D eigenvalue weighted by Gasteiger charge is -2.20. The van der Waals surface area contributed by atoms with Gasteiger partial charge in [-0.2, -0.15) is 0 Å². The van der Waals surface area contributed by atoms with Gasteiger partial charge in [0.25, 0.3) is 0 Å². The monoisotopic (exact) mass is 343 g/mol. The summed E-state index contributed by atoms with van der Waals surface area (Å²) in [4.78, 5) is 1.20. The van der Waals surface area contributed by atoms with Gasteiger partial charge in [-0.05, 0) is 46.6 Å². The molecule has 0 aliphatic carbocycles. The molecule has 2 N–H and O–H groups in total. The minimum absolute atomic E-state index is 0.105. The van der Waals surface area contributed by atoms with Gasteiger partial charge in [0.2, 0.25) is 0 Å². The Bertz CT molecular complexity index is 528. The van der Waals surface area contributed by atoms with E-state index in [0.717, 1.165) is 4.47 Å². The first-order valence-electron chi connectivity index (χ1n) is 5.96. The third kappa shape index (κ3) is 4.11. The Kier molecular flexibility index (Phi) is 5.10. The van der Waals surface area contributed by atoms with E-state index in [9.17, 15) is 9.50 Å². The van der Waals surface area contributed by atoms with E-state index < -0.39 is 6.10 Å². The maximum Gasteiger partial charge on any atom is 0.123 e. The number of thiophene rings is 1. The molecule has 1 aromatic carbocycles. The number of rotatable bonds is 5. The number of hydrogen-bond donors (Lipinski definition) is 2. The second kappa shape index (κ2) is 6.61. The van der Waals surface area contributed by atoms with Gasteiger partial charge < -0.3 is 10.4 Å². The number of aliphatic hydroxyl groups excluding tert-OH is 1. The molecule has 0 amide bonds. The molecule has 0 fully saturated rings. The van der Waals surface area contributed by atoms with Gasteiger partial charge >= 0.3 is 0 Å². The molecule has 0 aliphatic rings. The Morgan fingerprint density at radius 3 is 2.63 bits per heavy atom. The summed E-state index contributed by atoms with van der Waals surface area (Å²) in [6.45, 7) is 2.62. The summed E-state index contributed by atoms with van der Waals surface area (Å²) in [5, 5.41) is 15.5. The lowest BCUT2D eigenvalue weighted by molar-refractivity contribution is 0.135. The van der Waals surface area contributed by atoms with Crippen LogP contribution in [0.3, 0.4) is 0 Å². The molecule has 1 aromatic heterocycles. The molecule has 19 heavy (non-hydrogen) atoms. The molecule has 2 rings (SSSR count). The molecule has 2 aromatic rings. The van der Waals surface area contributed by atoms with E-state index in [1.807, 2.05) is 12.3 Å². The first kappa shape index (κ1) is 14.7. The highest BCUT2D eigenvalue weighted by Crippen LogP contribution is 2.21. The average Bonchev–Trinajstić information content (AvgIpc) is 2.82. The van der Waals surface area contributed by atoms with E-state index in [1.54, 1.807) is 23.5 Å². The summed E-state index contributed by atoms with van der Waals surface area (Å²) in [6, 6.07) is 7.89. The predicted molar refractivity (Wildman–Crippen MR) is 79.7 cm³/mol. The van der Waals surface area contributed by atoms with Crippen molar-refractivity contribution in [1.29, 1.82) is 0 Å². The van der Waals surface area contributed by atoms with Crippen LogP contribution in [0.25, 0.3) is 0 Å². The van der Waals surface area contributed by atoms with Crippen molar-refractivity contribution < 1.29 is 9.50 Å². The maximum atomic E-state index is 12.8. The van der Waals surface area contributed by atoms with E-state index >= 15 is 0 Å². The zero-order valence-corrected chi connectivity index (χ0v) is 12.8. The Balaban J connectivity index is 1.92. The SMILES string of the molecule is CC(NCc1cc(Br)cs1)C(O)c1ccc(F)cc1. The summed E-state index contributed by atoms with van der Waals surface area (Å²) in [6.07, 6.45) is -0.649. The molecule has 5 heteroatoms. The standard InChI is InChI=1S/C14H15BrFNOS/c1-9(17-7-13-6-11(15)8-19-13)14(18)10-2-4-12(16)5-3-10/h2-6,8-9,14,17-18H,7H2,1H3. The van der Waals surface area contributed by atoms with Crippen LogP contribution in [0.1, 0.15) is 23.5 Å². The third-order valence-electron chi connectivity index (χ3n) is 2.91. The lowest BCUT2D eigenvalue weighted by atomic mass is 10.0. The molecule has 1 heterocycles. The molecule has 2 atom stereocenters. The summed E-state index contributed by atoms with van der Waals surface area (Å²) < 4.78 is 13.9. The number of benzene rings is 1. The van der Waals surface area contributed by atoms with Crippen molar-refractivity contribution in [2.24, 2.45) is 0 Å². The van der Waals surface area contributed by atoms with Crippen molar-refractivity contribution in [1.82, 2.24) is 5.32 Å². The van der Waals surface area contributed by atoms with Gasteiger partial charge in [0, 0.05) is 27.3 Å². The molecular weight excluding hydrogens is 329 g/mol. The maximum absolute atomic E-state index is 12.8. The Morgan fingerprint density at radius 1 is 1.37 bits per heavy atom. The molecule has 2 unspecified atom stereocenters. The number of nitrogens with one attached hydrogen (secondary N) is 1. The summed E-state index contributed by atoms with van der Waals surface area (Å²) in [7, 11) is 0. The molecule has 0 bridgehead atoms. The third-order valence-corrected chi connectivity index (χ3v) is 4.60. The van der Waals surface area contributed by atoms with Crippen LogP contribution >= 0.6 is 27.3 Å². The van der Waals surface area contributed by atoms with E-state index in [1.165, 1.54) is 17.0 Å². The molecule has 0 spiro atoms. The van der Waals surface area contributed by atoms with Gasteiger partial charge in [0.15, 0.2) is 0 Å². The number of hydrogen-bond acceptors (Lipinski definition) is 3. The van der Waals surface area contributed by atoms with Crippen LogP contribution in [0, 0.1) is 5.82 Å². The highest BCUT2D eigenvalue weighted by atomic mass is 79.9. The molecule has 2 nitrogen and oxygen atoms in total. The smallest absolute Gasteiger partial charge is 0.123 e. The second-order valence-corrected chi connectivity index (χ2v) is 6.31. The van der Waals surface area contributed by atoms with Crippen LogP contribution in [0.15, 0.2) is 40.2 Å². The van der Waals surface area contributed by atoms with Crippen LogP contribution in [-0.2, 0) is 6.54 Å². The molecule has 0 radical (unpaired) electrons. The Morgan fingerprint density at radius 2 is 2.05 bits per heavy atom. The van der Waals surface area contributed by atoms with Crippen LogP contribution in [0.2, 0.25) is 0 Å². The minimum atomic E-state index is -0.649. The largest absolute Gasteiger partial charge is 0.387 e. The van der Waals surface area contributed by atoms with Gasteiger partial charge in [-0.1, -0.05) is 12.1 Å². The minimum Gasteiger partial charge on any atom is -0.387 e. The summed E-state index contributed by atoms with van der Waals surface area (Å²) in [5.74, 6) is -0.292.